The minimum Gasteiger partial charge on any atom is -0.390 e. The summed E-state index contributed by atoms with van der Waals surface area (Å²) >= 11 is 0. The molecule has 0 aliphatic rings. The van der Waals surface area contributed by atoms with Crippen molar-refractivity contribution < 1.29 is 13.5 Å². The van der Waals surface area contributed by atoms with Crippen LogP contribution in [0.5, 0.6) is 0 Å². The molecule has 6 nitrogen and oxygen atoms in total. The van der Waals surface area contributed by atoms with Crippen molar-refractivity contribution in [1.29, 1.82) is 5.26 Å². The lowest BCUT2D eigenvalue weighted by atomic mass is 9.88. The van der Waals surface area contributed by atoms with E-state index in [0.717, 1.165) is 6.26 Å². The Bertz CT molecular complexity index is 851. The largest absolute Gasteiger partial charge is 0.390 e. The summed E-state index contributed by atoms with van der Waals surface area (Å²) in [5, 5.41) is 20.8. The fraction of sp³-hybridized carbons (Fsp3) is 0.438. The Kier molecular flexibility index (Phi) is 4.68. The average Bonchev–Trinajstić information content (AvgIpc) is 2.93. The minimum absolute atomic E-state index is 0.437. The zero-order valence-corrected chi connectivity index (χ0v) is 14.3. The fourth-order valence-corrected chi connectivity index (χ4v) is 3.49. The highest BCUT2D eigenvalue weighted by atomic mass is 32.2. The van der Waals surface area contributed by atoms with Crippen molar-refractivity contribution in [2.75, 3.05) is 11.0 Å². The number of nitrogens with one attached hydrogen (secondary N) is 1. The van der Waals surface area contributed by atoms with Gasteiger partial charge in [0.1, 0.15) is 0 Å². The number of nitriles is 1. The first-order chi connectivity index (χ1) is 10.8. The van der Waals surface area contributed by atoms with Gasteiger partial charge in [-0.2, -0.15) is 5.26 Å². The Labute approximate surface area is 136 Å². The van der Waals surface area contributed by atoms with Crippen molar-refractivity contribution in [1.82, 2.24) is 4.57 Å². The number of benzene rings is 1. The van der Waals surface area contributed by atoms with Gasteiger partial charge in [-0.1, -0.05) is 19.9 Å². The van der Waals surface area contributed by atoms with E-state index in [4.69, 9.17) is 0 Å². The molecule has 2 aromatic rings. The monoisotopic (exact) mass is 335 g/mol. The van der Waals surface area contributed by atoms with E-state index < -0.39 is 21.7 Å². The topological polar surface area (TPSA) is 95.1 Å². The number of anilines is 1. The second-order valence-corrected chi connectivity index (χ2v) is 7.36. The summed E-state index contributed by atoms with van der Waals surface area (Å²) in [5.41, 5.74) is 0.0764. The summed E-state index contributed by atoms with van der Waals surface area (Å²) in [6, 6.07) is 9.22. The average molecular weight is 335 g/mol. The van der Waals surface area contributed by atoms with Crippen molar-refractivity contribution in [2.24, 2.45) is 0 Å². The Morgan fingerprint density at radius 3 is 2.61 bits per heavy atom. The number of aromatic nitrogens is 1. The molecule has 7 heteroatoms. The van der Waals surface area contributed by atoms with E-state index >= 15 is 0 Å². The number of aliphatic hydroxyl groups is 1. The number of fused-ring (bicyclic) bond motifs is 1. The highest BCUT2D eigenvalue weighted by molar-refractivity contribution is 7.92. The van der Waals surface area contributed by atoms with Crippen LogP contribution in [0.25, 0.3) is 10.9 Å². The normalized spacial score (nSPS) is 15.8. The van der Waals surface area contributed by atoms with E-state index in [9.17, 15) is 18.8 Å². The first-order valence-electron chi connectivity index (χ1n) is 7.46. The van der Waals surface area contributed by atoms with Crippen LogP contribution in [0.4, 0.5) is 5.69 Å². The first kappa shape index (κ1) is 17.3. The van der Waals surface area contributed by atoms with Gasteiger partial charge in [0.25, 0.3) is 0 Å². The second-order valence-electron chi connectivity index (χ2n) is 5.61. The lowest BCUT2D eigenvalue weighted by Crippen LogP contribution is -2.42. The predicted octanol–water partition coefficient (Wildman–Crippen LogP) is 2.41. The van der Waals surface area contributed by atoms with Crippen LogP contribution in [0.3, 0.4) is 0 Å². The lowest BCUT2D eigenvalue weighted by molar-refractivity contribution is 0.0663. The van der Waals surface area contributed by atoms with Gasteiger partial charge in [-0.15, -0.1) is 0 Å². The molecule has 0 aliphatic heterocycles. The van der Waals surface area contributed by atoms with E-state index in [1.165, 1.54) is 0 Å². The number of sulfonamides is 1. The molecule has 2 N–H and O–H groups in total. The Hall–Kier alpha value is -2.04. The van der Waals surface area contributed by atoms with Gasteiger partial charge in [0.15, 0.2) is 5.54 Å². The summed E-state index contributed by atoms with van der Waals surface area (Å²) in [6.07, 6.45) is 2.88. The van der Waals surface area contributed by atoms with Crippen LogP contribution in [0.2, 0.25) is 0 Å². The van der Waals surface area contributed by atoms with Crippen LogP contribution in [0.15, 0.2) is 30.5 Å². The van der Waals surface area contributed by atoms with Crippen LogP contribution >= 0.6 is 0 Å². The van der Waals surface area contributed by atoms with Gasteiger partial charge in [-0.25, -0.2) is 8.42 Å². The molecule has 0 saturated carbocycles. The number of hydrogen-bond acceptors (Lipinski definition) is 4. The van der Waals surface area contributed by atoms with Gasteiger partial charge in [-0.05, 0) is 31.0 Å². The third-order valence-corrected chi connectivity index (χ3v) is 4.72. The number of rotatable bonds is 6. The third kappa shape index (κ3) is 3.05. The molecule has 124 valence electrons. The molecular weight excluding hydrogens is 314 g/mol. The molecule has 0 saturated heterocycles. The highest BCUT2D eigenvalue weighted by Crippen LogP contribution is 2.34. The van der Waals surface area contributed by atoms with Crippen LogP contribution in [-0.4, -0.2) is 30.5 Å². The van der Waals surface area contributed by atoms with E-state index in [-0.39, 0.29) is 0 Å². The van der Waals surface area contributed by atoms with Crippen LogP contribution in [0.1, 0.15) is 26.7 Å². The SMILES string of the molecule is CCC(O)C(C#N)(CC)n1ccc2c(NS(C)(=O)=O)cccc21. The summed E-state index contributed by atoms with van der Waals surface area (Å²) < 4.78 is 27.2. The summed E-state index contributed by atoms with van der Waals surface area (Å²) in [4.78, 5) is 0. The molecule has 0 aliphatic carbocycles. The van der Waals surface area contributed by atoms with Crippen molar-refractivity contribution >= 4 is 26.6 Å². The molecule has 0 fully saturated rings. The molecule has 1 aromatic heterocycles. The Morgan fingerprint density at radius 1 is 1.39 bits per heavy atom. The Morgan fingerprint density at radius 2 is 2.09 bits per heavy atom. The van der Waals surface area contributed by atoms with Crippen LogP contribution in [-0.2, 0) is 15.6 Å². The molecule has 2 atom stereocenters. The molecule has 2 rings (SSSR count). The zero-order valence-electron chi connectivity index (χ0n) is 13.4. The maximum Gasteiger partial charge on any atom is 0.229 e. The second kappa shape index (κ2) is 6.22. The van der Waals surface area contributed by atoms with Crippen molar-refractivity contribution in [3.8, 4) is 6.07 Å². The van der Waals surface area contributed by atoms with E-state index in [1.807, 2.05) is 19.9 Å². The molecule has 2 unspecified atom stereocenters. The molecule has 1 heterocycles. The van der Waals surface area contributed by atoms with Gasteiger partial charge in [0, 0.05) is 11.6 Å². The van der Waals surface area contributed by atoms with E-state index in [0.29, 0.717) is 29.4 Å². The van der Waals surface area contributed by atoms with Gasteiger partial charge >= 0.3 is 0 Å². The van der Waals surface area contributed by atoms with Crippen molar-refractivity contribution in [2.45, 2.75) is 38.3 Å². The summed E-state index contributed by atoms with van der Waals surface area (Å²) in [5.74, 6) is 0. The summed E-state index contributed by atoms with van der Waals surface area (Å²) in [6.45, 7) is 3.68. The van der Waals surface area contributed by atoms with Gasteiger partial charge < -0.3 is 9.67 Å². The molecular formula is C16H21N3O3S. The zero-order chi connectivity index (χ0) is 17.3. The first-order valence-corrected chi connectivity index (χ1v) is 9.36. The summed E-state index contributed by atoms with van der Waals surface area (Å²) in [7, 11) is -3.40. The number of aliphatic hydroxyl groups excluding tert-OH is 1. The fourth-order valence-electron chi connectivity index (χ4n) is 2.92. The number of hydrogen-bond donors (Lipinski definition) is 2. The molecule has 1 aromatic carbocycles. The smallest absolute Gasteiger partial charge is 0.229 e. The quantitative estimate of drug-likeness (QED) is 0.847. The third-order valence-electron chi connectivity index (χ3n) is 4.13. The molecule has 0 spiro atoms. The minimum atomic E-state index is -3.40. The predicted molar refractivity (Wildman–Crippen MR) is 90.6 cm³/mol. The molecule has 23 heavy (non-hydrogen) atoms. The standard InChI is InChI=1S/C16H21N3O3S/c1-4-15(20)16(5-2,11-17)19-10-9-12-13(18-23(3,21)22)7-6-8-14(12)19/h6-10,15,18,20H,4-5H2,1-3H3. The van der Waals surface area contributed by atoms with E-state index in [1.54, 1.807) is 29.0 Å². The maximum atomic E-state index is 11.5. The van der Waals surface area contributed by atoms with Gasteiger partial charge in [0.05, 0.1) is 29.6 Å². The molecule has 0 amide bonds. The Balaban J connectivity index is 2.69. The van der Waals surface area contributed by atoms with Gasteiger partial charge in [0.2, 0.25) is 10.0 Å². The maximum absolute atomic E-state index is 11.5. The molecule has 0 radical (unpaired) electrons. The van der Waals surface area contributed by atoms with Crippen molar-refractivity contribution in [3.05, 3.63) is 30.5 Å². The highest BCUT2D eigenvalue weighted by Gasteiger charge is 2.38. The number of nitrogens with zero attached hydrogens (tertiary/aromatic N) is 2. The van der Waals surface area contributed by atoms with Crippen molar-refractivity contribution in [3.63, 3.8) is 0 Å². The lowest BCUT2D eigenvalue weighted by Gasteiger charge is -2.32. The van der Waals surface area contributed by atoms with E-state index in [2.05, 4.69) is 10.8 Å². The van der Waals surface area contributed by atoms with Crippen LogP contribution < -0.4 is 4.72 Å². The molecule has 0 bridgehead atoms. The van der Waals surface area contributed by atoms with Crippen LogP contribution in [0, 0.1) is 11.3 Å². The van der Waals surface area contributed by atoms with Gasteiger partial charge in [-0.3, -0.25) is 4.72 Å².